The Labute approximate surface area is 143 Å². The molecular formula is C16H14Cl2N2O3. The number of methoxy groups -OCH3 is 1. The molecule has 0 amide bonds. The number of nitrogens with two attached hydrogens (primary N) is 1. The standard InChI is InChI=1S/C16H14Cl2N2O3/c1-3-12-14(16(21)22-2)13(9(7-19)15(20)23-12)8-4-5-10(17)11(18)6-8/h4-6,13H,3,20H2,1-2H3. The Balaban J connectivity index is 2.71. The zero-order valence-electron chi connectivity index (χ0n) is 12.5. The molecule has 1 aliphatic rings. The number of benzene rings is 1. The van der Waals surface area contributed by atoms with Crippen LogP contribution in [0.15, 0.2) is 41.0 Å². The predicted molar refractivity (Wildman–Crippen MR) is 86.4 cm³/mol. The summed E-state index contributed by atoms with van der Waals surface area (Å²) in [5, 5.41) is 10.1. The quantitative estimate of drug-likeness (QED) is 0.839. The Morgan fingerprint density at radius 1 is 1.43 bits per heavy atom. The number of carbonyl (C=O) groups is 1. The Bertz CT molecular complexity index is 763. The minimum absolute atomic E-state index is 0.0342. The molecule has 0 saturated carbocycles. The van der Waals surface area contributed by atoms with Gasteiger partial charge >= 0.3 is 5.97 Å². The molecule has 1 aliphatic heterocycles. The van der Waals surface area contributed by atoms with Crippen LogP contribution in [0.5, 0.6) is 0 Å². The van der Waals surface area contributed by atoms with Crippen molar-refractivity contribution in [2.45, 2.75) is 19.3 Å². The van der Waals surface area contributed by atoms with E-state index in [2.05, 4.69) is 0 Å². The van der Waals surface area contributed by atoms with Gasteiger partial charge in [0.2, 0.25) is 5.88 Å². The van der Waals surface area contributed by atoms with E-state index in [4.69, 9.17) is 38.4 Å². The number of carbonyl (C=O) groups excluding carboxylic acids is 1. The first-order valence-corrected chi connectivity index (χ1v) is 7.54. The molecule has 0 saturated heterocycles. The molecule has 7 heteroatoms. The number of ether oxygens (including phenoxy) is 2. The molecule has 0 aliphatic carbocycles. The second-order valence-corrected chi connectivity index (χ2v) is 5.59. The molecule has 120 valence electrons. The van der Waals surface area contributed by atoms with Crippen molar-refractivity contribution in [2.24, 2.45) is 5.73 Å². The normalized spacial score (nSPS) is 17.6. The summed E-state index contributed by atoms with van der Waals surface area (Å²) in [4.78, 5) is 12.2. The van der Waals surface area contributed by atoms with Crippen molar-refractivity contribution in [3.05, 3.63) is 56.6 Å². The fourth-order valence-corrected chi connectivity index (χ4v) is 2.75. The Kier molecular flexibility index (Phi) is 5.19. The van der Waals surface area contributed by atoms with Crippen molar-refractivity contribution in [1.82, 2.24) is 0 Å². The van der Waals surface area contributed by atoms with Crippen LogP contribution in [0.3, 0.4) is 0 Å². The number of esters is 1. The van der Waals surface area contributed by atoms with E-state index in [0.717, 1.165) is 0 Å². The topological polar surface area (TPSA) is 85.3 Å². The van der Waals surface area contributed by atoms with E-state index in [9.17, 15) is 10.1 Å². The average Bonchev–Trinajstić information content (AvgIpc) is 2.55. The molecule has 1 aromatic rings. The second-order valence-electron chi connectivity index (χ2n) is 4.78. The maximum absolute atomic E-state index is 12.2. The molecular weight excluding hydrogens is 339 g/mol. The summed E-state index contributed by atoms with van der Waals surface area (Å²) in [7, 11) is 1.27. The summed E-state index contributed by atoms with van der Waals surface area (Å²) in [5.74, 6) is -0.971. The number of nitrogens with zero attached hydrogens (tertiary/aromatic N) is 1. The Hall–Kier alpha value is -2.16. The highest BCUT2D eigenvalue weighted by Gasteiger charge is 2.37. The van der Waals surface area contributed by atoms with Crippen molar-refractivity contribution in [2.75, 3.05) is 7.11 Å². The maximum atomic E-state index is 12.2. The molecule has 23 heavy (non-hydrogen) atoms. The number of hydrogen-bond acceptors (Lipinski definition) is 5. The zero-order chi connectivity index (χ0) is 17.1. The lowest BCUT2D eigenvalue weighted by Gasteiger charge is -2.27. The minimum Gasteiger partial charge on any atom is -0.466 e. The van der Waals surface area contributed by atoms with Gasteiger partial charge in [0.1, 0.15) is 17.4 Å². The third-order valence-electron chi connectivity index (χ3n) is 3.50. The first-order chi connectivity index (χ1) is 10.9. The zero-order valence-corrected chi connectivity index (χ0v) is 14.0. The van der Waals surface area contributed by atoms with Gasteiger partial charge in [-0.15, -0.1) is 0 Å². The van der Waals surface area contributed by atoms with Crippen LogP contribution in [0.25, 0.3) is 0 Å². The van der Waals surface area contributed by atoms with Crippen LogP contribution >= 0.6 is 23.2 Å². The smallest absolute Gasteiger partial charge is 0.338 e. The Morgan fingerprint density at radius 3 is 2.65 bits per heavy atom. The fraction of sp³-hybridized carbons (Fsp3) is 0.250. The second kappa shape index (κ2) is 6.95. The van der Waals surface area contributed by atoms with Crippen LogP contribution in [0.4, 0.5) is 0 Å². The summed E-state index contributed by atoms with van der Waals surface area (Å²) >= 11 is 12.0. The van der Waals surface area contributed by atoms with E-state index < -0.39 is 11.9 Å². The van der Waals surface area contributed by atoms with Gasteiger partial charge in [-0.2, -0.15) is 5.26 Å². The molecule has 0 fully saturated rings. The van der Waals surface area contributed by atoms with Crippen LogP contribution in [-0.4, -0.2) is 13.1 Å². The average molecular weight is 353 g/mol. The lowest BCUT2D eigenvalue weighted by molar-refractivity contribution is -0.136. The van der Waals surface area contributed by atoms with E-state index in [1.54, 1.807) is 18.2 Å². The van der Waals surface area contributed by atoms with Crippen molar-refractivity contribution in [3.8, 4) is 6.07 Å². The molecule has 2 N–H and O–H groups in total. The summed E-state index contributed by atoms with van der Waals surface area (Å²) in [5.41, 5.74) is 6.81. The van der Waals surface area contributed by atoms with Crippen molar-refractivity contribution < 1.29 is 14.3 Å². The maximum Gasteiger partial charge on any atom is 0.338 e. The van der Waals surface area contributed by atoms with Crippen molar-refractivity contribution in [3.63, 3.8) is 0 Å². The van der Waals surface area contributed by atoms with E-state index in [0.29, 0.717) is 27.8 Å². The number of nitriles is 1. The van der Waals surface area contributed by atoms with Gasteiger partial charge in [-0.1, -0.05) is 36.2 Å². The molecule has 0 spiro atoms. The molecule has 2 rings (SSSR count). The van der Waals surface area contributed by atoms with Crippen LogP contribution in [0.1, 0.15) is 24.8 Å². The van der Waals surface area contributed by atoms with E-state index in [-0.39, 0.29) is 17.0 Å². The molecule has 0 aromatic heterocycles. The molecule has 1 heterocycles. The van der Waals surface area contributed by atoms with Crippen LogP contribution in [0.2, 0.25) is 10.0 Å². The van der Waals surface area contributed by atoms with Gasteiger partial charge in [0.25, 0.3) is 0 Å². The van der Waals surface area contributed by atoms with Crippen molar-refractivity contribution >= 4 is 29.2 Å². The SMILES string of the molecule is CCC1=C(C(=O)OC)C(c2ccc(Cl)c(Cl)c2)C(C#N)=C(N)O1. The van der Waals surface area contributed by atoms with Crippen LogP contribution in [-0.2, 0) is 14.3 Å². The van der Waals surface area contributed by atoms with Gasteiger partial charge in [0.05, 0.1) is 28.6 Å². The highest BCUT2D eigenvalue weighted by molar-refractivity contribution is 6.42. The van der Waals surface area contributed by atoms with E-state index in [1.807, 2.05) is 13.0 Å². The molecule has 1 atom stereocenters. The van der Waals surface area contributed by atoms with Gasteiger partial charge in [0.15, 0.2) is 0 Å². The lowest BCUT2D eigenvalue weighted by Crippen LogP contribution is -2.25. The minimum atomic E-state index is -0.717. The van der Waals surface area contributed by atoms with Gasteiger partial charge in [-0.3, -0.25) is 0 Å². The molecule has 0 bridgehead atoms. The van der Waals surface area contributed by atoms with Crippen LogP contribution < -0.4 is 5.73 Å². The number of halogens is 2. The molecule has 0 radical (unpaired) electrons. The number of rotatable bonds is 3. The molecule has 1 aromatic carbocycles. The third kappa shape index (κ3) is 3.14. The first-order valence-electron chi connectivity index (χ1n) is 6.78. The monoisotopic (exact) mass is 352 g/mol. The number of allylic oxidation sites excluding steroid dienone is 2. The van der Waals surface area contributed by atoms with Gasteiger partial charge < -0.3 is 15.2 Å². The van der Waals surface area contributed by atoms with E-state index >= 15 is 0 Å². The largest absolute Gasteiger partial charge is 0.466 e. The van der Waals surface area contributed by atoms with Gasteiger partial charge in [0, 0.05) is 6.42 Å². The summed E-state index contributed by atoms with van der Waals surface area (Å²) < 4.78 is 10.3. The Morgan fingerprint density at radius 2 is 2.13 bits per heavy atom. The highest BCUT2D eigenvalue weighted by atomic mass is 35.5. The molecule has 5 nitrogen and oxygen atoms in total. The summed E-state index contributed by atoms with van der Waals surface area (Å²) in [6.07, 6.45) is 0.418. The third-order valence-corrected chi connectivity index (χ3v) is 4.24. The van der Waals surface area contributed by atoms with Gasteiger partial charge in [-0.05, 0) is 17.7 Å². The van der Waals surface area contributed by atoms with Crippen LogP contribution in [0, 0.1) is 11.3 Å². The van der Waals surface area contributed by atoms with E-state index in [1.165, 1.54) is 7.11 Å². The predicted octanol–water partition coefficient (Wildman–Crippen LogP) is 3.64. The number of hydrogen-bond donors (Lipinski definition) is 1. The van der Waals surface area contributed by atoms with Gasteiger partial charge in [-0.25, -0.2) is 4.79 Å². The van der Waals surface area contributed by atoms with Crippen molar-refractivity contribution in [1.29, 1.82) is 5.26 Å². The summed E-state index contributed by atoms with van der Waals surface area (Å²) in [6.45, 7) is 1.81. The summed E-state index contributed by atoms with van der Waals surface area (Å²) in [6, 6.07) is 6.88. The fourth-order valence-electron chi connectivity index (χ4n) is 2.44. The first kappa shape index (κ1) is 17.2. The lowest BCUT2D eigenvalue weighted by atomic mass is 9.82. The highest BCUT2D eigenvalue weighted by Crippen LogP contribution is 2.41. The molecule has 1 unspecified atom stereocenters.